The number of hydrogen-bond acceptors (Lipinski definition) is 1. The van der Waals surface area contributed by atoms with Crippen molar-refractivity contribution in [2.75, 3.05) is 7.05 Å². The van der Waals surface area contributed by atoms with Gasteiger partial charge in [0.25, 0.3) is 0 Å². The fourth-order valence-corrected chi connectivity index (χ4v) is 1.94. The summed E-state index contributed by atoms with van der Waals surface area (Å²) in [4.78, 5) is 0. The van der Waals surface area contributed by atoms with Gasteiger partial charge in [-0.2, -0.15) is 0 Å². The summed E-state index contributed by atoms with van der Waals surface area (Å²) in [6.07, 6.45) is 2.97. The Morgan fingerprint density at radius 2 is 2.13 bits per heavy atom. The maximum absolute atomic E-state index is 13.4. The van der Waals surface area contributed by atoms with E-state index in [0.29, 0.717) is 17.9 Å². The number of nitrogens with one attached hydrogen (secondary N) is 1. The van der Waals surface area contributed by atoms with Gasteiger partial charge in [0.1, 0.15) is 11.6 Å². The summed E-state index contributed by atoms with van der Waals surface area (Å²) in [6, 6.07) is 3.93. The Labute approximate surface area is 88.5 Å². The number of halogens is 2. The van der Waals surface area contributed by atoms with Crippen LogP contribution in [0.3, 0.4) is 0 Å². The summed E-state index contributed by atoms with van der Waals surface area (Å²) < 4.78 is 26.3. The second kappa shape index (κ2) is 4.27. The van der Waals surface area contributed by atoms with Gasteiger partial charge in [-0.15, -0.1) is 0 Å². The highest BCUT2D eigenvalue weighted by Gasteiger charge is 2.30. The van der Waals surface area contributed by atoms with Gasteiger partial charge in [0.2, 0.25) is 0 Å². The van der Waals surface area contributed by atoms with Gasteiger partial charge in [-0.1, -0.05) is 0 Å². The average molecular weight is 211 g/mol. The molecule has 15 heavy (non-hydrogen) atoms. The predicted octanol–water partition coefficient (Wildman–Crippen LogP) is 2.51. The van der Waals surface area contributed by atoms with Crippen LogP contribution in [0.1, 0.15) is 18.4 Å². The summed E-state index contributed by atoms with van der Waals surface area (Å²) in [6.45, 7) is 0. The Morgan fingerprint density at radius 1 is 1.40 bits per heavy atom. The van der Waals surface area contributed by atoms with Gasteiger partial charge >= 0.3 is 0 Å². The Balaban J connectivity index is 2.11. The van der Waals surface area contributed by atoms with Crippen molar-refractivity contribution >= 4 is 0 Å². The van der Waals surface area contributed by atoms with E-state index in [1.165, 1.54) is 25.0 Å². The van der Waals surface area contributed by atoms with Gasteiger partial charge in [0, 0.05) is 6.04 Å². The van der Waals surface area contributed by atoms with Crippen molar-refractivity contribution in [3.8, 4) is 0 Å². The minimum absolute atomic E-state index is 0.279. The number of rotatable bonds is 4. The fourth-order valence-electron chi connectivity index (χ4n) is 1.94. The van der Waals surface area contributed by atoms with E-state index in [1.54, 1.807) is 0 Å². The lowest BCUT2D eigenvalue weighted by Gasteiger charge is -2.15. The first-order valence-electron chi connectivity index (χ1n) is 5.32. The molecule has 1 atom stereocenters. The molecule has 1 nitrogen and oxygen atoms in total. The van der Waals surface area contributed by atoms with E-state index in [1.807, 2.05) is 7.05 Å². The summed E-state index contributed by atoms with van der Waals surface area (Å²) in [5, 5.41) is 3.17. The van der Waals surface area contributed by atoms with Crippen LogP contribution in [0, 0.1) is 17.6 Å². The summed E-state index contributed by atoms with van der Waals surface area (Å²) in [7, 11) is 1.88. The van der Waals surface area contributed by atoms with Crippen LogP contribution in [-0.2, 0) is 6.42 Å². The van der Waals surface area contributed by atoms with Crippen molar-refractivity contribution in [3.05, 3.63) is 35.4 Å². The molecule has 0 spiro atoms. The third-order valence-corrected chi connectivity index (χ3v) is 3.01. The number of hydrogen-bond donors (Lipinski definition) is 1. The van der Waals surface area contributed by atoms with Crippen LogP contribution >= 0.6 is 0 Å². The molecule has 1 unspecified atom stereocenters. The Kier molecular flexibility index (Phi) is 3.00. The Bertz CT molecular complexity index is 347. The zero-order chi connectivity index (χ0) is 10.8. The van der Waals surface area contributed by atoms with Crippen molar-refractivity contribution in [3.63, 3.8) is 0 Å². The van der Waals surface area contributed by atoms with Crippen molar-refractivity contribution in [1.82, 2.24) is 5.32 Å². The maximum atomic E-state index is 13.4. The largest absolute Gasteiger partial charge is 0.316 e. The number of likely N-dealkylation sites (N-methyl/N-ethyl adjacent to an activating group) is 1. The normalized spacial score (nSPS) is 17.8. The molecule has 1 aromatic rings. The van der Waals surface area contributed by atoms with E-state index in [4.69, 9.17) is 0 Å². The highest BCUT2D eigenvalue weighted by Crippen LogP contribution is 2.34. The van der Waals surface area contributed by atoms with Gasteiger partial charge in [-0.25, -0.2) is 8.78 Å². The van der Waals surface area contributed by atoms with Crippen LogP contribution in [0.5, 0.6) is 0 Å². The minimum Gasteiger partial charge on any atom is -0.316 e. The highest BCUT2D eigenvalue weighted by molar-refractivity contribution is 5.20. The quantitative estimate of drug-likeness (QED) is 0.806. The highest BCUT2D eigenvalue weighted by atomic mass is 19.1. The molecule has 1 saturated carbocycles. The van der Waals surface area contributed by atoms with Crippen molar-refractivity contribution < 1.29 is 8.78 Å². The van der Waals surface area contributed by atoms with E-state index in [9.17, 15) is 8.78 Å². The average Bonchev–Trinajstić information content (AvgIpc) is 3.03. The summed E-state index contributed by atoms with van der Waals surface area (Å²) >= 11 is 0. The van der Waals surface area contributed by atoms with Crippen LogP contribution < -0.4 is 5.32 Å². The third kappa shape index (κ3) is 2.53. The molecular weight excluding hydrogens is 196 g/mol. The second-order valence-electron chi connectivity index (χ2n) is 4.17. The molecule has 82 valence electrons. The Morgan fingerprint density at radius 3 is 2.73 bits per heavy atom. The van der Waals surface area contributed by atoms with Crippen molar-refractivity contribution in [2.24, 2.45) is 5.92 Å². The van der Waals surface area contributed by atoms with E-state index < -0.39 is 0 Å². The van der Waals surface area contributed by atoms with Crippen LogP contribution in [0.15, 0.2) is 18.2 Å². The lowest BCUT2D eigenvalue weighted by Crippen LogP contribution is -2.30. The zero-order valence-corrected chi connectivity index (χ0v) is 8.76. The summed E-state index contributed by atoms with van der Waals surface area (Å²) in [5.41, 5.74) is 0.473. The molecule has 0 heterocycles. The lowest BCUT2D eigenvalue weighted by atomic mass is 10.0. The molecule has 0 radical (unpaired) electrons. The first-order valence-corrected chi connectivity index (χ1v) is 5.32. The molecule has 0 aromatic heterocycles. The molecule has 0 saturated heterocycles. The second-order valence-corrected chi connectivity index (χ2v) is 4.17. The first kappa shape index (κ1) is 10.6. The number of benzene rings is 1. The molecule has 3 heteroatoms. The minimum atomic E-state index is -0.364. The third-order valence-electron chi connectivity index (χ3n) is 3.01. The monoisotopic (exact) mass is 211 g/mol. The van der Waals surface area contributed by atoms with Crippen LogP contribution in [0.25, 0.3) is 0 Å². The zero-order valence-electron chi connectivity index (χ0n) is 8.76. The molecule has 1 fully saturated rings. The van der Waals surface area contributed by atoms with Crippen molar-refractivity contribution in [2.45, 2.75) is 25.3 Å². The van der Waals surface area contributed by atoms with Gasteiger partial charge in [-0.3, -0.25) is 0 Å². The molecule has 0 amide bonds. The van der Waals surface area contributed by atoms with E-state index in [0.717, 1.165) is 6.07 Å². The van der Waals surface area contributed by atoms with Gasteiger partial charge in [0.05, 0.1) is 0 Å². The Hall–Kier alpha value is -0.960. The smallest absolute Gasteiger partial charge is 0.126 e. The van der Waals surface area contributed by atoms with Crippen molar-refractivity contribution in [1.29, 1.82) is 0 Å². The van der Waals surface area contributed by atoms with Crippen LogP contribution in [-0.4, -0.2) is 13.1 Å². The molecule has 1 aliphatic rings. The lowest BCUT2D eigenvalue weighted by molar-refractivity contribution is 0.484. The molecular formula is C12H15F2N. The molecule has 1 N–H and O–H groups in total. The maximum Gasteiger partial charge on any atom is 0.126 e. The molecule has 0 bridgehead atoms. The van der Waals surface area contributed by atoms with Gasteiger partial charge < -0.3 is 5.32 Å². The van der Waals surface area contributed by atoms with Gasteiger partial charge in [-0.05, 0) is 56.0 Å². The van der Waals surface area contributed by atoms with Crippen LogP contribution in [0.2, 0.25) is 0 Å². The fraction of sp³-hybridized carbons (Fsp3) is 0.500. The molecule has 1 aliphatic carbocycles. The van der Waals surface area contributed by atoms with E-state index in [2.05, 4.69) is 5.32 Å². The van der Waals surface area contributed by atoms with E-state index >= 15 is 0 Å². The van der Waals surface area contributed by atoms with Gasteiger partial charge in [0.15, 0.2) is 0 Å². The first-order chi connectivity index (χ1) is 7.20. The molecule has 1 aromatic carbocycles. The molecule has 0 aliphatic heterocycles. The van der Waals surface area contributed by atoms with Crippen LogP contribution in [0.4, 0.5) is 8.78 Å². The summed E-state index contributed by atoms with van der Waals surface area (Å²) in [5.74, 6) is -0.0352. The van der Waals surface area contributed by atoms with E-state index in [-0.39, 0.29) is 17.7 Å². The molecule has 2 rings (SSSR count). The standard InChI is InChI=1S/C12H15F2N/c1-15-12(8-2-3-8)7-9-6-10(13)4-5-11(9)14/h4-6,8,12,15H,2-3,7H2,1H3. The topological polar surface area (TPSA) is 12.0 Å². The predicted molar refractivity (Wildman–Crippen MR) is 55.6 cm³/mol. The SMILES string of the molecule is CNC(Cc1cc(F)ccc1F)C1CC1.